The monoisotopic (exact) mass is 135 g/mol. The summed E-state index contributed by atoms with van der Waals surface area (Å²) in [4.78, 5) is 2.17. The SMILES string of the molecule is CC1=CC=CC=C(C)N1C. The quantitative estimate of drug-likeness (QED) is 0.492. The third kappa shape index (κ3) is 1.29. The van der Waals surface area contributed by atoms with Crippen LogP contribution in [0.3, 0.4) is 0 Å². The van der Waals surface area contributed by atoms with Crippen molar-refractivity contribution in [1.29, 1.82) is 0 Å². The molecular formula is C9H13N. The number of hydrogen-bond acceptors (Lipinski definition) is 1. The molecule has 1 aliphatic heterocycles. The van der Waals surface area contributed by atoms with Gasteiger partial charge < -0.3 is 4.90 Å². The van der Waals surface area contributed by atoms with Crippen LogP contribution in [0.1, 0.15) is 13.8 Å². The third-order valence-electron chi connectivity index (χ3n) is 1.84. The molecule has 0 amide bonds. The molecule has 0 aromatic carbocycles. The molecule has 1 nitrogen and oxygen atoms in total. The van der Waals surface area contributed by atoms with Crippen LogP contribution in [0.2, 0.25) is 0 Å². The van der Waals surface area contributed by atoms with Crippen LogP contribution in [0.15, 0.2) is 35.7 Å². The first-order chi connectivity index (χ1) is 4.72. The first-order valence-electron chi connectivity index (χ1n) is 3.47. The zero-order valence-electron chi connectivity index (χ0n) is 6.76. The van der Waals surface area contributed by atoms with Gasteiger partial charge in [-0.15, -0.1) is 0 Å². The molecular weight excluding hydrogens is 122 g/mol. The minimum absolute atomic E-state index is 1.28. The number of rotatable bonds is 0. The maximum Gasteiger partial charge on any atom is 0.0142 e. The molecule has 1 rings (SSSR count). The van der Waals surface area contributed by atoms with E-state index in [2.05, 4.69) is 50.1 Å². The Morgan fingerprint density at radius 2 is 1.40 bits per heavy atom. The topological polar surface area (TPSA) is 3.24 Å². The Labute approximate surface area is 62.3 Å². The second kappa shape index (κ2) is 2.74. The molecule has 0 aromatic heterocycles. The van der Waals surface area contributed by atoms with Gasteiger partial charge in [0.1, 0.15) is 0 Å². The molecule has 1 heteroatoms. The smallest absolute Gasteiger partial charge is 0.0142 e. The summed E-state index contributed by atoms with van der Waals surface area (Å²) in [5.74, 6) is 0. The molecule has 0 unspecified atom stereocenters. The van der Waals surface area contributed by atoms with Crippen molar-refractivity contribution >= 4 is 0 Å². The van der Waals surface area contributed by atoms with Crippen LogP contribution in [-0.2, 0) is 0 Å². The fraction of sp³-hybridized carbons (Fsp3) is 0.333. The summed E-state index contributed by atoms with van der Waals surface area (Å²) in [5.41, 5.74) is 2.56. The van der Waals surface area contributed by atoms with Crippen LogP contribution in [0.5, 0.6) is 0 Å². The summed E-state index contributed by atoms with van der Waals surface area (Å²) >= 11 is 0. The van der Waals surface area contributed by atoms with E-state index in [1.807, 2.05) is 0 Å². The molecule has 1 aliphatic rings. The minimum atomic E-state index is 1.28. The van der Waals surface area contributed by atoms with Gasteiger partial charge in [-0.05, 0) is 26.0 Å². The number of allylic oxidation sites excluding steroid dienone is 6. The Bertz CT molecular complexity index is 187. The summed E-state index contributed by atoms with van der Waals surface area (Å²) in [6.45, 7) is 4.21. The van der Waals surface area contributed by atoms with Crippen molar-refractivity contribution in [3.05, 3.63) is 35.7 Å². The highest BCUT2D eigenvalue weighted by molar-refractivity contribution is 5.24. The van der Waals surface area contributed by atoms with E-state index in [1.54, 1.807) is 0 Å². The highest BCUT2D eigenvalue weighted by Crippen LogP contribution is 2.11. The van der Waals surface area contributed by atoms with Gasteiger partial charge in [0.25, 0.3) is 0 Å². The van der Waals surface area contributed by atoms with Crippen molar-refractivity contribution in [3.8, 4) is 0 Å². The molecule has 0 spiro atoms. The summed E-state index contributed by atoms with van der Waals surface area (Å²) in [6, 6.07) is 0. The van der Waals surface area contributed by atoms with Crippen molar-refractivity contribution in [3.63, 3.8) is 0 Å². The van der Waals surface area contributed by atoms with E-state index in [-0.39, 0.29) is 0 Å². The van der Waals surface area contributed by atoms with Crippen LogP contribution in [0.4, 0.5) is 0 Å². The third-order valence-corrected chi connectivity index (χ3v) is 1.84. The first kappa shape index (κ1) is 7.13. The molecule has 0 atom stereocenters. The Kier molecular flexibility index (Phi) is 1.95. The van der Waals surface area contributed by atoms with Gasteiger partial charge in [0.05, 0.1) is 0 Å². The van der Waals surface area contributed by atoms with Crippen molar-refractivity contribution in [2.24, 2.45) is 0 Å². The normalized spacial score (nSPS) is 18.1. The molecule has 1 heterocycles. The van der Waals surface area contributed by atoms with Gasteiger partial charge in [-0.1, -0.05) is 12.2 Å². The zero-order chi connectivity index (χ0) is 7.56. The Morgan fingerprint density at radius 1 is 1.00 bits per heavy atom. The van der Waals surface area contributed by atoms with Gasteiger partial charge in [-0.3, -0.25) is 0 Å². The minimum Gasteiger partial charge on any atom is -0.352 e. The van der Waals surface area contributed by atoms with Crippen molar-refractivity contribution in [2.45, 2.75) is 13.8 Å². The number of hydrogen-bond donors (Lipinski definition) is 0. The lowest BCUT2D eigenvalue weighted by atomic mass is 10.4. The van der Waals surface area contributed by atoms with Gasteiger partial charge >= 0.3 is 0 Å². The first-order valence-corrected chi connectivity index (χ1v) is 3.47. The lowest BCUT2D eigenvalue weighted by Gasteiger charge is -2.18. The maximum absolute atomic E-state index is 2.17. The average molecular weight is 135 g/mol. The fourth-order valence-corrected chi connectivity index (χ4v) is 0.891. The Morgan fingerprint density at radius 3 is 1.80 bits per heavy atom. The lowest BCUT2D eigenvalue weighted by molar-refractivity contribution is 0.523. The molecule has 0 saturated carbocycles. The van der Waals surface area contributed by atoms with Crippen LogP contribution >= 0.6 is 0 Å². The van der Waals surface area contributed by atoms with Gasteiger partial charge in [-0.2, -0.15) is 0 Å². The summed E-state index contributed by atoms with van der Waals surface area (Å²) in [5, 5.41) is 0. The van der Waals surface area contributed by atoms with Gasteiger partial charge in [0.2, 0.25) is 0 Å². The average Bonchev–Trinajstić information content (AvgIpc) is 2.04. The van der Waals surface area contributed by atoms with Gasteiger partial charge in [0.15, 0.2) is 0 Å². The molecule has 54 valence electrons. The summed E-state index contributed by atoms with van der Waals surface area (Å²) in [7, 11) is 2.07. The highest BCUT2D eigenvalue weighted by atomic mass is 15.1. The van der Waals surface area contributed by atoms with E-state index in [0.29, 0.717) is 0 Å². The largest absolute Gasteiger partial charge is 0.352 e. The molecule has 10 heavy (non-hydrogen) atoms. The van der Waals surface area contributed by atoms with E-state index >= 15 is 0 Å². The molecule has 0 saturated heterocycles. The van der Waals surface area contributed by atoms with E-state index in [4.69, 9.17) is 0 Å². The molecule has 0 bridgehead atoms. The summed E-state index contributed by atoms with van der Waals surface area (Å²) < 4.78 is 0. The van der Waals surface area contributed by atoms with Crippen molar-refractivity contribution in [1.82, 2.24) is 4.90 Å². The van der Waals surface area contributed by atoms with Gasteiger partial charge in [-0.25, -0.2) is 0 Å². The predicted octanol–water partition coefficient (Wildman–Crippen LogP) is 2.30. The van der Waals surface area contributed by atoms with E-state index in [1.165, 1.54) is 11.4 Å². The molecule has 0 fully saturated rings. The second-order valence-electron chi connectivity index (χ2n) is 2.56. The molecule has 0 N–H and O–H groups in total. The predicted molar refractivity (Wildman–Crippen MR) is 44.4 cm³/mol. The zero-order valence-corrected chi connectivity index (χ0v) is 6.76. The Hall–Kier alpha value is -0.980. The highest BCUT2D eigenvalue weighted by Gasteiger charge is 1.99. The maximum atomic E-state index is 2.17. The van der Waals surface area contributed by atoms with Crippen molar-refractivity contribution in [2.75, 3.05) is 7.05 Å². The fourth-order valence-electron chi connectivity index (χ4n) is 0.891. The van der Waals surface area contributed by atoms with E-state index in [9.17, 15) is 0 Å². The van der Waals surface area contributed by atoms with Crippen LogP contribution < -0.4 is 0 Å². The lowest BCUT2D eigenvalue weighted by Crippen LogP contribution is -2.11. The molecule has 0 aliphatic carbocycles. The van der Waals surface area contributed by atoms with Crippen LogP contribution in [0, 0.1) is 0 Å². The molecule has 0 radical (unpaired) electrons. The van der Waals surface area contributed by atoms with Crippen molar-refractivity contribution < 1.29 is 0 Å². The Balaban J connectivity index is 2.91. The summed E-state index contributed by atoms with van der Waals surface area (Å²) in [6.07, 6.45) is 8.32. The van der Waals surface area contributed by atoms with Crippen LogP contribution in [-0.4, -0.2) is 11.9 Å². The van der Waals surface area contributed by atoms with Gasteiger partial charge in [0, 0.05) is 18.4 Å². The standard InChI is InChI=1S/C9H13N/c1-8-6-4-5-7-9(2)10(8)3/h4-7H,1-3H3. The second-order valence-corrected chi connectivity index (χ2v) is 2.56. The van der Waals surface area contributed by atoms with E-state index in [0.717, 1.165) is 0 Å². The van der Waals surface area contributed by atoms with E-state index < -0.39 is 0 Å². The number of nitrogens with zero attached hydrogens (tertiary/aromatic N) is 1. The van der Waals surface area contributed by atoms with Crippen LogP contribution in [0.25, 0.3) is 0 Å². The molecule has 0 aromatic rings.